The minimum Gasteiger partial charge on any atom is -0.489 e. The molecular weight excluding hydrogens is 442 g/mol. The Morgan fingerprint density at radius 1 is 0.886 bits per heavy atom. The molecule has 172 valence electrons. The van der Waals surface area contributed by atoms with E-state index in [0.717, 1.165) is 11.1 Å². The number of rotatable bonds is 8. The lowest BCUT2D eigenvalue weighted by Gasteiger charge is -2.12. The quantitative estimate of drug-likeness (QED) is 0.357. The molecule has 4 aromatic rings. The maximum Gasteiger partial charge on any atom is 0.291 e. The highest BCUT2D eigenvalue weighted by Crippen LogP contribution is 2.24. The second kappa shape index (κ2) is 10.7. The molecule has 0 atom stereocenters. The molecule has 0 spiro atoms. The van der Waals surface area contributed by atoms with Crippen molar-refractivity contribution in [2.24, 2.45) is 0 Å². The van der Waals surface area contributed by atoms with Crippen LogP contribution in [-0.2, 0) is 13.2 Å². The molecule has 4 rings (SSSR count). The first kappa shape index (κ1) is 23.2. The number of anilines is 1. The number of aryl methyl sites for hydroxylation is 1. The average molecular weight is 463 g/mol. The molecule has 1 amide bonds. The summed E-state index contributed by atoms with van der Waals surface area (Å²) in [5.74, 6) is 0.930. The van der Waals surface area contributed by atoms with Crippen LogP contribution in [0.2, 0.25) is 0 Å². The van der Waals surface area contributed by atoms with Gasteiger partial charge in [-0.2, -0.15) is 10.5 Å². The number of carbonyl (C=O) groups excluding carboxylic acids is 1. The predicted molar refractivity (Wildman–Crippen MR) is 129 cm³/mol. The largest absolute Gasteiger partial charge is 0.489 e. The van der Waals surface area contributed by atoms with Gasteiger partial charge in [-0.3, -0.25) is 4.79 Å². The third-order valence-electron chi connectivity index (χ3n) is 5.22. The molecule has 3 aromatic carbocycles. The van der Waals surface area contributed by atoms with Crippen molar-refractivity contribution in [2.45, 2.75) is 20.1 Å². The molecule has 0 bridgehead atoms. The third-order valence-corrected chi connectivity index (χ3v) is 5.22. The zero-order chi connectivity index (χ0) is 24.6. The van der Waals surface area contributed by atoms with Crippen LogP contribution in [0.4, 0.5) is 5.69 Å². The standard InChI is InChI=1S/C28H21N3O4/c1-19-12-25(34-17-22-6-2-4-20(13-22)15-29)8-9-26(19)31-28(32)27-23(10-11-33-27)18-35-24-7-3-5-21(14-24)16-30/h2-14H,17-18H2,1H3,(H,31,32). The van der Waals surface area contributed by atoms with E-state index in [2.05, 4.69) is 17.5 Å². The van der Waals surface area contributed by atoms with Gasteiger partial charge in [0.25, 0.3) is 5.91 Å². The lowest BCUT2D eigenvalue weighted by Crippen LogP contribution is -2.14. The molecule has 0 saturated carbocycles. The van der Waals surface area contributed by atoms with Crippen LogP contribution in [0, 0.1) is 29.6 Å². The maximum absolute atomic E-state index is 12.9. The molecule has 35 heavy (non-hydrogen) atoms. The fourth-order valence-electron chi connectivity index (χ4n) is 3.41. The van der Waals surface area contributed by atoms with Crippen LogP contribution in [-0.4, -0.2) is 5.91 Å². The highest BCUT2D eigenvalue weighted by molar-refractivity contribution is 6.03. The Labute approximate surface area is 202 Å². The molecule has 0 aliphatic heterocycles. The Kier molecular flexibility index (Phi) is 7.11. The van der Waals surface area contributed by atoms with Crippen molar-refractivity contribution in [3.63, 3.8) is 0 Å². The Bertz CT molecular complexity index is 1440. The first-order chi connectivity index (χ1) is 17.1. The number of nitrogens with one attached hydrogen (secondary N) is 1. The zero-order valence-electron chi connectivity index (χ0n) is 18.9. The van der Waals surface area contributed by atoms with Gasteiger partial charge in [-0.1, -0.05) is 18.2 Å². The van der Waals surface area contributed by atoms with E-state index in [0.29, 0.717) is 40.5 Å². The van der Waals surface area contributed by atoms with E-state index in [-0.39, 0.29) is 12.4 Å². The summed E-state index contributed by atoms with van der Waals surface area (Å²) in [7, 11) is 0. The lowest BCUT2D eigenvalue weighted by atomic mass is 10.1. The number of carbonyl (C=O) groups is 1. The minimum atomic E-state index is -0.399. The molecule has 1 heterocycles. The average Bonchev–Trinajstić information content (AvgIpc) is 3.37. The Morgan fingerprint density at radius 2 is 1.60 bits per heavy atom. The highest BCUT2D eigenvalue weighted by atomic mass is 16.5. The second-order valence-electron chi connectivity index (χ2n) is 7.73. The molecule has 0 fully saturated rings. The molecular formula is C28H21N3O4. The van der Waals surface area contributed by atoms with Crippen LogP contribution in [0.1, 0.15) is 38.4 Å². The number of hydrogen-bond donors (Lipinski definition) is 1. The van der Waals surface area contributed by atoms with Crippen LogP contribution >= 0.6 is 0 Å². The first-order valence-electron chi connectivity index (χ1n) is 10.8. The van der Waals surface area contributed by atoms with Crippen LogP contribution in [0.25, 0.3) is 0 Å². The van der Waals surface area contributed by atoms with Gasteiger partial charge < -0.3 is 19.2 Å². The van der Waals surface area contributed by atoms with E-state index in [1.54, 1.807) is 54.6 Å². The highest BCUT2D eigenvalue weighted by Gasteiger charge is 2.17. The summed E-state index contributed by atoms with van der Waals surface area (Å²) in [6.07, 6.45) is 1.43. The molecule has 0 saturated heterocycles. The summed E-state index contributed by atoms with van der Waals surface area (Å²) in [6, 6.07) is 25.3. The molecule has 0 aliphatic carbocycles. The Hall–Kier alpha value is -5.01. The fraction of sp³-hybridized carbons (Fsp3) is 0.107. The van der Waals surface area contributed by atoms with E-state index in [4.69, 9.17) is 24.4 Å². The van der Waals surface area contributed by atoms with E-state index in [1.165, 1.54) is 6.26 Å². The van der Waals surface area contributed by atoms with E-state index < -0.39 is 5.91 Å². The molecule has 0 radical (unpaired) electrons. The maximum atomic E-state index is 12.9. The van der Waals surface area contributed by atoms with Crippen molar-refractivity contribution < 1.29 is 18.7 Å². The summed E-state index contributed by atoms with van der Waals surface area (Å²) in [4.78, 5) is 12.9. The van der Waals surface area contributed by atoms with Crippen LogP contribution < -0.4 is 14.8 Å². The van der Waals surface area contributed by atoms with Crippen molar-refractivity contribution in [1.82, 2.24) is 0 Å². The Morgan fingerprint density at radius 3 is 2.37 bits per heavy atom. The number of benzene rings is 3. The molecule has 1 aromatic heterocycles. The summed E-state index contributed by atoms with van der Waals surface area (Å²) < 4.78 is 17.0. The molecule has 1 N–H and O–H groups in total. The van der Waals surface area contributed by atoms with Crippen LogP contribution in [0.3, 0.4) is 0 Å². The monoisotopic (exact) mass is 463 g/mol. The van der Waals surface area contributed by atoms with Gasteiger partial charge in [-0.05, 0) is 72.6 Å². The number of ether oxygens (including phenoxy) is 2. The van der Waals surface area contributed by atoms with Crippen molar-refractivity contribution in [3.8, 4) is 23.6 Å². The van der Waals surface area contributed by atoms with Crippen molar-refractivity contribution in [1.29, 1.82) is 10.5 Å². The molecule has 7 heteroatoms. The predicted octanol–water partition coefficient (Wildman–Crippen LogP) is 5.74. The van der Waals surface area contributed by atoms with Gasteiger partial charge in [0.1, 0.15) is 24.7 Å². The fourth-order valence-corrected chi connectivity index (χ4v) is 3.41. The van der Waals surface area contributed by atoms with E-state index in [9.17, 15) is 4.79 Å². The van der Waals surface area contributed by atoms with Gasteiger partial charge in [-0.15, -0.1) is 0 Å². The first-order valence-corrected chi connectivity index (χ1v) is 10.8. The third kappa shape index (κ3) is 5.87. The summed E-state index contributed by atoms with van der Waals surface area (Å²) in [5.41, 5.74) is 4.00. The SMILES string of the molecule is Cc1cc(OCc2cccc(C#N)c2)ccc1NC(=O)c1occc1COc1cccc(C#N)c1. The number of nitriles is 2. The van der Waals surface area contributed by atoms with Gasteiger partial charge in [0.2, 0.25) is 0 Å². The number of furan rings is 1. The summed E-state index contributed by atoms with van der Waals surface area (Å²) >= 11 is 0. The topological polar surface area (TPSA) is 108 Å². The minimum absolute atomic E-state index is 0.118. The lowest BCUT2D eigenvalue weighted by molar-refractivity contribution is 0.0993. The van der Waals surface area contributed by atoms with Gasteiger partial charge in [0, 0.05) is 11.3 Å². The summed E-state index contributed by atoms with van der Waals surface area (Å²) in [5, 5.41) is 20.9. The van der Waals surface area contributed by atoms with Gasteiger partial charge >= 0.3 is 0 Å². The van der Waals surface area contributed by atoms with Gasteiger partial charge in [-0.25, -0.2) is 0 Å². The number of amides is 1. The molecule has 0 unspecified atom stereocenters. The van der Waals surface area contributed by atoms with Crippen LogP contribution in [0.5, 0.6) is 11.5 Å². The molecule has 0 aliphatic rings. The molecule has 7 nitrogen and oxygen atoms in total. The zero-order valence-corrected chi connectivity index (χ0v) is 18.9. The van der Waals surface area contributed by atoms with Crippen molar-refractivity contribution in [3.05, 3.63) is 113 Å². The van der Waals surface area contributed by atoms with Gasteiger partial charge in [0.05, 0.1) is 29.5 Å². The van der Waals surface area contributed by atoms with E-state index in [1.807, 2.05) is 25.1 Å². The Balaban J connectivity index is 1.38. The van der Waals surface area contributed by atoms with Crippen molar-refractivity contribution in [2.75, 3.05) is 5.32 Å². The number of nitrogens with zero attached hydrogens (tertiary/aromatic N) is 2. The summed E-state index contributed by atoms with van der Waals surface area (Å²) in [6.45, 7) is 2.31. The second-order valence-corrected chi connectivity index (χ2v) is 7.73. The van der Waals surface area contributed by atoms with E-state index >= 15 is 0 Å². The smallest absolute Gasteiger partial charge is 0.291 e. The number of hydrogen-bond acceptors (Lipinski definition) is 6. The van der Waals surface area contributed by atoms with Crippen LogP contribution in [0.15, 0.2) is 83.5 Å². The van der Waals surface area contributed by atoms with Crippen molar-refractivity contribution >= 4 is 11.6 Å². The normalized spacial score (nSPS) is 10.1. The van der Waals surface area contributed by atoms with Gasteiger partial charge in [0.15, 0.2) is 5.76 Å².